The van der Waals surface area contributed by atoms with E-state index >= 15 is 0 Å². The molecule has 100 valence electrons. The molecule has 1 fully saturated rings. The van der Waals surface area contributed by atoms with E-state index in [9.17, 15) is 4.79 Å². The van der Waals surface area contributed by atoms with Crippen molar-refractivity contribution in [3.05, 3.63) is 16.1 Å². The summed E-state index contributed by atoms with van der Waals surface area (Å²) in [7, 11) is 0. The zero-order valence-corrected chi connectivity index (χ0v) is 11.9. The zero-order chi connectivity index (χ0) is 12.8. The molecule has 4 nitrogen and oxygen atoms in total. The molecule has 1 aliphatic carbocycles. The summed E-state index contributed by atoms with van der Waals surface area (Å²) in [6.07, 6.45) is 3.15. The maximum Gasteiger partial charge on any atom is 0.263 e. The first kappa shape index (κ1) is 13.8. The van der Waals surface area contributed by atoms with Crippen LogP contribution in [0.4, 0.5) is 0 Å². The first-order valence-electron chi connectivity index (χ1n) is 6.23. The standard InChI is InChI=1S/C12H18N2O2S2/c15-5-1-6-17-7-4-13-12(16)11-10(9-2-3-9)14-8-18-11/h8-9,15H,1-7H2,(H,13,16). The molecular weight excluding hydrogens is 268 g/mol. The normalized spacial score (nSPS) is 14.7. The average Bonchev–Trinajstić information content (AvgIpc) is 3.11. The third-order valence-corrected chi connectivity index (χ3v) is 4.66. The van der Waals surface area contributed by atoms with E-state index in [2.05, 4.69) is 10.3 Å². The summed E-state index contributed by atoms with van der Waals surface area (Å²) >= 11 is 3.19. The Bertz CT molecular complexity index is 391. The van der Waals surface area contributed by atoms with Gasteiger partial charge in [-0.05, 0) is 25.0 Å². The van der Waals surface area contributed by atoms with Gasteiger partial charge in [0.25, 0.3) is 5.91 Å². The highest BCUT2D eigenvalue weighted by Gasteiger charge is 2.30. The number of aliphatic hydroxyl groups is 1. The molecule has 0 aromatic carbocycles. The summed E-state index contributed by atoms with van der Waals surface area (Å²) in [5, 5.41) is 11.6. The lowest BCUT2D eigenvalue weighted by Gasteiger charge is -2.04. The number of hydrogen-bond acceptors (Lipinski definition) is 5. The quantitative estimate of drug-likeness (QED) is 0.716. The topological polar surface area (TPSA) is 62.2 Å². The number of carbonyl (C=O) groups excluding carboxylic acids is 1. The first-order valence-corrected chi connectivity index (χ1v) is 8.26. The second kappa shape index (κ2) is 7.11. The van der Waals surface area contributed by atoms with Crippen molar-refractivity contribution in [1.29, 1.82) is 0 Å². The Labute approximate surface area is 115 Å². The monoisotopic (exact) mass is 286 g/mol. The number of rotatable bonds is 8. The molecule has 0 saturated heterocycles. The molecule has 1 aromatic heterocycles. The SMILES string of the molecule is O=C(NCCSCCCO)c1scnc1C1CC1. The van der Waals surface area contributed by atoms with Gasteiger partial charge in [0.1, 0.15) is 4.88 Å². The minimum absolute atomic E-state index is 0.0159. The number of aromatic nitrogens is 1. The smallest absolute Gasteiger partial charge is 0.263 e. The van der Waals surface area contributed by atoms with Gasteiger partial charge in [-0.3, -0.25) is 4.79 Å². The minimum atomic E-state index is 0.0159. The van der Waals surface area contributed by atoms with Crippen LogP contribution in [0.2, 0.25) is 0 Å². The Morgan fingerprint density at radius 2 is 2.39 bits per heavy atom. The van der Waals surface area contributed by atoms with Gasteiger partial charge < -0.3 is 10.4 Å². The summed E-state index contributed by atoms with van der Waals surface area (Å²) in [5.74, 6) is 2.38. The molecule has 6 heteroatoms. The van der Waals surface area contributed by atoms with Crippen LogP contribution in [-0.4, -0.2) is 40.7 Å². The van der Waals surface area contributed by atoms with Gasteiger partial charge in [0, 0.05) is 24.8 Å². The summed E-state index contributed by atoms with van der Waals surface area (Å²) < 4.78 is 0. The van der Waals surface area contributed by atoms with Gasteiger partial charge in [-0.25, -0.2) is 4.98 Å². The third kappa shape index (κ3) is 3.96. The van der Waals surface area contributed by atoms with Gasteiger partial charge in [0.2, 0.25) is 0 Å². The van der Waals surface area contributed by atoms with E-state index in [1.807, 2.05) is 0 Å². The number of amides is 1. The summed E-state index contributed by atoms with van der Waals surface area (Å²) in [6, 6.07) is 0. The molecule has 1 heterocycles. The van der Waals surface area contributed by atoms with E-state index < -0.39 is 0 Å². The molecule has 1 saturated carbocycles. The lowest BCUT2D eigenvalue weighted by molar-refractivity contribution is 0.0959. The van der Waals surface area contributed by atoms with Gasteiger partial charge >= 0.3 is 0 Å². The third-order valence-electron chi connectivity index (χ3n) is 2.74. The van der Waals surface area contributed by atoms with Crippen molar-refractivity contribution >= 4 is 29.0 Å². The fraction of sp³-hybridized carbons (Fsp3) is 0.667. The van der Waals surface area contributed by atoms with Crippen LogP contribution in [0.15, 0.2) is 5.51 Å². The Morgan fingerprint density at radius 3 is 3.11 bits per heavy atom. The van der Waals surface area contributed by atoms with Crippen molar-refractivity contribution in [2.24, 2.45) is 0 Å². The van der Waals surface area contributed by atoms with E-state index in [4.69, 9.17) is 5.11 Å². The van der Waals surface area contributed by atoms with Gasteiger partial charge in [-0.1, -0.05) is 0 Å². The van der Waals surface area contributed by atoms with Crippen LogP contribution in [0.25, 0.3) is 0 Å². The molecule has 1 amide bonds. The highest BCUT2D eigenvalue weighted by molar-refractivity contribution is 7.99. The molecule has 2 N–H and O–H groups in total. The number of nitrogens with one attached hydrogen (secondary N) is 1. The molecule has 0 atom stereocenters. The van der Waals surface area contributed by atoms with Crippen LogP contribution in [0.3, 0.4) is 0 Å². The van der Waals surface area contributed by atoms with Crippen LogP contribution in [-0.2, 0) is 0 Å². The summed E-state index contributed by atoms with van der Waals surface area (Å²) in [5.41, 5.74) is 2.75. The Morgan fingerprint density at radius 1 is 1.56 bits per heavy atom. The van der Waals surface area contributed by atoms with Gasteiger partial charge in [-0.2, -0.15) is 11.8 Å². The van der Waals surface area contributed by atoms with Crippen molar-refractivity contribution in [1.82, 2.24) is 10.3 Å². The zero-order valence-electron chi connectivity index (χ0n) is 10.2. The molecule has 18 heavy (non-hydrogen) atoms. The molecule has 0 radical (unpaired) electrons. The summed E-state index contributed by atoms with van der Waals surface area (Å²) in [4.78, 5) is 17.0. The van der Waals surface area contributed by atoms with Gasteiger partial charge in [0.15, 0.2) is 0 Å². The van der Waals surface area contributed by atoms with Gasteiger partial charge in [-0.15, -0.1) is 11.3 Å². The predicted octanol–water partition coefficient (Wildman–Crippen LogP) is 1.87. The number of aliphatic hydroxyl groups excluding tert-OH is 1. The molecule has 0 spiro atoms. The number of nitrogens with zero attached hydrogens (tertiary/aromatic N) is 1. The number of hydrogen-bond donors (Lipinski definition) is 2. The number of carbonyl (C=O) groups is 1. The lowest BCUT2D eigenvalue weighted by atomic mass is 10.2. The van der Waals surface area contributed by atoms with Crippen LogP contribution >= 0.6 is 23.1 Å². The van der Waals surface area contributed by atoms with Crippen molar-refractivity contribution in [2.45, 2.75) is 25.2 Å². The Balaban J connectivity index is 1.69. The maximum atomic E-state index is 12.0. The molecule has 0 bridgehead atoms. The van der Waals surface area contributed by atoms with E-state index in [-0.39, 0.29) is 12.5 Å². The molecule has 1 aromatic rings. The molecular formula is C12H18N2O2S2. The van der Waals surface area contributed by atoms with Crippen LogP contribution in [0.5, 0.6) is 0 Å². The Hall–Kier alpha value is -0.590. The van der Waals surface area contributed by atoms with Crippen LogP contribution in [0, 0.1) is 0 Å². The molecule has 0 unspecified atom stereocenters. The number of thiazole rings is 1. The summed E-state index contributed by atoms with van der Waals surface area (Å²) in [6.45, 7) is 0.919. The van der Waals surface area contributed by atoms with Crippen molar-refractivity contribution < 1.29 is 9.90 Å². The maximum absolute atomic E-state index is 12.0. The number of thioether (sulfide) groups is 1. The van der Waals surface area contributed by atoms with E-state index in [1.54, 1.807) is 17.3 Å². The van der Waals surface area contributed by atoms with E-state index in [0.717, 1.165) is 28.5 Å². The Kier molecular flexibility index (Phi) is 5.46. The highest BCUT2D eigenvalue weighted by atomic mass is 32.2. The minimum Gasteiger partial charge on any atom is -0.396 e. The lowest BCUT2D eigenvalue weighted by Crippen LogP contribution is -2.25. The van der Waals surface area contributed by atoms with Crippen molar-refractivity contribution in [3.63, 3.8) is 0 Å². The molecule has 0 aliphatic heterocycles. The first-order chi connectivity index (χ1) is 8.83. The molecule has 2 rings (SSSR count). The van der Waals surface area contributed by atoms with E-state index in [0.29, 0.717) is 12.5 Å². The van der Waals surface area contributed by atoms with Crippen molar-refractivity contribution in [2.75, 3.05) is 24.7 Å². The second-order valence-corrected chi connectivity index (χ2v) is 6.37. The largest absolute Gasteiger partial charge is 0.396 e. The van der Waals surface area contributed by atoms with Crippen molar-refractivity contribution in [3.8, 4) is 0 Å². The fourth-order valence-electron chi connectivity index (χ4n) is 1.66. The van der Waals surface area contributed by atoms with Crippen LogP contribution in [0.1, 0.15) is 40.5 Å². The predicted molar refractivity (Wildman–Crippen MR) is 75.5 cm³/mol. The average molecular weight is 286 g/mol. The van der Waals surface area contributed by atoms with Gasteiger partial charge in [0.05, 0.1) is 11.2 Å². The highest BCUT2D eigenvalue weighted by Crippen LogP contribution is 2.41. The second-order valence-electron chi connectivity index (χ2n) is 4.29. The van der Waals surface area contributed by atoms with Crippen LogP contribution < -0.4 is 5.32 Å². The fourth-order valence-corrected chi connectivity index (χ4v) is 3.23. The molecule has 1 aliphatic rings. The van der Waals surface area contributed by atoms with E-state index in [1.165, 1.54) is 24.2 Å².